The first-order valence-corrected chi connectivity index (χ1v) is 11.7. The average molecular weight is 419 g/mol. The number of aryl methyl sites for hydroxylation is 3. The van der Waals surface area contributed by atoms with Crippen LogP contribution in [0.2, 0.25) is 0 Å². The molecule has 0 aliphatic heterocycles. The molecule has 28 heavy (non-hydrogen) atoms. The van der Waals surface area contributed by atoms with Gasteiger partial charge in [-0.15, -0.1) is 11.8 Å². The minimum absolute atomic E-state index is 0.146. The van der Waals surface area contributed by atoms with Gasteiger partial charge in [-0.05, 0) is 79.6 Å². The van der Waals surface area contributed by atoms with E-state index in [1.54, 1.807) is 6.07 Å². The SMILES string of the molecule is Cc1cc(S(=O)(=O)N(C)C)cc(NC(=O)CSc2ccc3c(c2)CCC3)c1C. The van der Waals surface area contributed by atoms with Crippen LogP contribution in [0.25, 0.3) is 0 Å². The summed E-state index contributed by atoms with van der Waals surface area (Å²) >= 11 is 1.50. The number of rotatable bonds is 6. The molecule has 150 valence electrons. The van der Waals surface area contributed by atoms with Crippen LogP contribution in [0.15, 0.2) is 40.1 Å². The van der Waals surface area contributed by atoms with E-state index in [1.165, 1.54) is 53.8 Å². The van der Waals surface area contributed by atoms with Crippen molar-refractivity contribution in [3.63, 3.8) is 0 Å². The Kier molecular flexibility index (Phi) is 6.17. The Labute approximate surface area is 171 Å². The van der Waals surface area contributed by atoms with Crippen LogP contribution >= 0.6 is 11.8 Å². The maximum atomic E-state index is 12.5. The highest BCUT2D eigenvalue weighted by Crippen LogP contribution is 2.29. The summed E-state index contributed by atoms with van der Waals surface area (Å²) in [7, 11) is -0.567. The van der Waals surface area contributed by atoms with E-state index in [9.17, 15) is 13.2 Å². The topological polar surface area (TPSA) is 66.5 Å². The van der Waals surface area contributed by atoms with Crippen molar-refractivity contribution in [2.75, 3.05) is 25.2 Å². The van der Waals surface area contributed by atoms with Gasteiger partial charge in [0.2, 0.25) is 15.9 Å². The van der Waals surface area contributed by atoms with Gasteiger partial charge in [0.1, 0.15) is 0 Å². The molecule has 1 aliphatic carbocycles. The van der Waals surface area contributed by atoms with Crippen molar-refractivity contribution in [3.05, 3.63) is 52.6 Å². The van der Waals surface area contributed by atoms with E-state index in [-0.39, 0.29) is 16.6 Å². The molecule has 0 saturated carbocycles. The fourth-order valence-electron chi connectivity index (χ4n) is 3.29. The summed E-state index contributed by atoms with van der Waals surface area (Å²) in [5.74, 6) is 0.134. The number of fused-ring (bicyclic) bond motifs is 1. The maximum Gasteiger partial charge on any atom is 0.242 e. The Balaban J connectivity index is 1.72. The fourth-order valence-corrected chi connectivity index (χ4v) is 5.06. The predicted octanol–water partition coefficient (Wildman–Crippen LogP) is 3.77. The number of carbonyl (C=O) groups excluding carboxylic acids is 1. The van der Waals surface area contributed by atoms with E-state index >= 15 is 0 Å². The average Bonchev–Trinajstić information content (AvgIpc) is 3.11. The zero-order valence-corrected chi connectivity index (χ0v) is 18.3. The van der Waals surface area contributed by atoms with Gasteiger partial charge in [-0.25, -0.2) is 12.7 Å². The molecule has 5 nitrogen and oxygen atoms in total. The second-order valence-corrected chi connectivity index (χ2v) is 10.5. The highest BCUT2D eigenvalue weighted by molar-refractivity contribution is 8.00. The molecule has 2 aromatic rings. The number of carbonyl (C=O) groups is 1. The van der Waals surface area contributed by atoms with Gasteiger partial charge < -0.3 is 5.32 Å². The van der Waals surface area contributed by atoms with E-state index in [0.717, 1.165) is 28.9 Å². The molecule has 1 amide bonds. The van der Waals surface area contributed by atoms with Crippen molar-refractivity contribution in [1.82, 2.24) is 4.31 Å². The van der Waals surface area contributed by atoms with Gasteiger partial charge in [0.05, 0.1) is 10.6 Å². The molecule has 3 rings (SSSR count). The van der Waals surface area contributed by atoms with E-state index in [1.807, 2.05) is 13.8 Å². The fraction of sp³-hybridized carbons (Fsp3) is 0.381. The minimum atomic E-state index is -3.56. The van der Waals surface area contributed by atoms with Gasteiger partial charge >= 0.3 is 0 Å². The number of amides is 1. The molecule has 1 N–H and O–H groups in total. The number of anilines is 1. The van der Waals surface area contributed by atoms with E-state index in [4.69, 9.17) is 0 Å². The molecule has 2 aromatic carbocycles. The highest BCUT2D eigenvalue weighted by Gasteiger charge is 2.20. The number of sulfonamides is 1. The second-order valence-electron chi connectivity index (χ2n) is 7.32. The summed E-state index contributed by atoms with van der Waals surface area (Å²) in [4.78, 5) is 13.8. The normalized spacial score (nSPS) is 13.6. The lowest BCUT2D eigenvalue weighted by Crippen LogP contribution is -2.23. The van der Waals surface area contributed by atoms with Crippen molar-refractivity contribution < 1.29 is 13.2 Å². The number of hydrogen-bond donors (Lipinski definition) is 1. The Bertz CT molecular complexity index is 1010. The summed E-state index contributed by atoms with van der Waals surface area (Å²) in [6.07, 6.45) is 3.46. The maximum absolute atomic E-state index is 12.5. The summed E-state index contributed by atoms with van der Waals surface area (Å²) in [6.45, 7) is 3.73. The highest BCUT2D eigenvalue weighted by atomic mass is 32.2. The molecule has 1 aliphatic rings. The number of nitrogens with zero attached hydrogens (tertiary/aromatic N) is 1. The van der Waals surface area contributed by atoms with Crippen molar-refractivity contribution in [2.45, 2.75) is 42.9 Å². The Morgan fingerprint density at radius 3 is 2.54 bits per heavy atom. The first-order chi connectivity index (χ1) is 13.2. The van der Waals surface area contributed by atoms with Crippen LogP contribution < -0.4 is 5.32 Å². The minimum Gasteiger partial charge on any atom is -0.325 e. The third-order valence-corrected chi connectivity index (χ3v) is 7.92. The van der Waals surface area contributed by atoms with Crippen LogP contribution in [0.3, 0.4) is 0 Å². The van der Waals surface area contributed by atoms with Crippen molar-refractivity contribution in [1.29, 1.82) is 0 Å². The molecule has 0 fully saturated rings. The molecule has 0 bridgehead atoms. The number of hydrogen-bond acceptors (Lipinski definition) is 4. The Morgan fingerprint density at radius 2 is 1.82 bits per heavy atom. The largest absolute Gasteiger partial charge is 0.325 e. The van der Waals surface area contributed by atoms with E-state index in [2.05, 4.69) is 23.5 Å². The quantitative estimate of drug-likeness (QED) is 0.725. The summed E-state index contributed by atoms with van der Waals surface area (Å²) in [5, 5.41) is 2.88. The summed E-state index contributed by atoms with van der Waals surface area (Å²) in [6, 6.07) is 9.59. The standard InChI is InChI=1S/C21H26N2O3S2/c1-14-10-19(28(25,26)23(3)4)12-20(15(14)2)22-21(24)13-27-18-9-8-16-6-5-7-17(16)11-18/h8-12H,5-7,13H2,1-4H3,(H,22,24). The van der Waals surface area contributed by atoms with Crippen LogP contribution in [0.1, 0.15) is 28.7 Å². The molecule has 0 radical (unpaired) electrons. The number of thioether (sulfide) groups is 1. The predicted molar refractivity (Wildman–Crippen MR) is 115 cm³/mol. The van der Waals surface area contributed by atoms with Gasteiger partial charge in [-0.1, -0.05) is 6.07 Å². The van der Waals surface area contributed by atoms with E-state index < -0.39 is 10.0 Å². The van der Waals surface area contributed by atoms with Crippen LogP contribution in [-0.2, 0) is 27.7 Å². The first kappa shape index (κ1) is 20.9. The third-order valence-electron chi connectivity index (χ3n) is 5.13. The summed E-state index contributed by atoms with van der Waals surface area (Å²) < 4.78 is 26.1. The van der Waals surface area contributed by atoms with Gasteiger partial charge in [-0.2, -0.15) is 0 Å². The van der Waals surface area contributed by atoms with Crippen molar-refractivity contribution in [3.8, 4) is 0 Å². The molecule has 7 heteroatoms. The molecule has 0 spiro atoms. The van der Waals surface area contributed by atoms with Crippen LogP contribution in [0, 0.1) is 13.8 Å². The zero-order valence-electron chi connectivity index (χ0n) is 16.7. The van der Waals surface area contributed by atoms with Crippen LogP contribution in [-0.4, -0.2) is 38.5 Å². The van der Waals surface area contributed by atoms with Crippen LogP contribution in [0.5, 0.6) is 0 Å². The first-order valence-electron chi connectivity index (χ1n) is 9.26. The molecule has 0 unspecified atom stereocenters. The van der Waals surface area contributed by atoms with Gasteiger partial charge in [0.25, 0.3) is 0 Å². The van der Waals surface area contributed by atoms with E-state index in [0.29, 0.717) is 5.69 Å². The second kappa shape index (κ2) is 8.27. The Morgan fingerprint density at radius 1 is 1.11 bits per heavy atom. The van der Waals surface area contributed by atoms with Gasteiger partial charge in [0, 0.05) is 24.7 Å². The van der Waals surface area contributed by atoms with Gasteiger partial charge in [0.15, 0.2) is 0 Å². The monoisotopic (exact) mass is 418 g/mol. The molecular formula is C21H26N2O3S2. The molecular weight excluding hydrogens is 392 g/mol. The molecule has 0 aromatic heterocycles. The molecule has 0 saturated heterocycles. The number of nitrogens with one attached hydrogen (secondary N) is 1. The molecule has 0 atom stereocenters. The number of benzene rings is 2. The van der Waals surface area contributed by atoms with Crippen LogP contribution in [0.4, 0.5) is 5.69 Å². The molecule has 0 heterocycles. The lowest BCUT2D eigenvalue weighted by molar-refractivity contribution is -0.113. The lowest BCUT2D eigenvalue weighted by atomic mass is 10.1. The third kappa shape index (κ3) is 4.42. The summed E-state index contributed by atoms with van der Waals surface area (Å²) in [5.41, 5.74) is 5.04. The van der Waals surface area contributed by atoms with Gasteiger partial charge in [-0.3, -0.25) is 4.79 Å². The smallest absolute Gasteiger partial charge is 0.242 e. The van der Waals surface area contributed by atoms with Crippen molar-refractivity contribution >= 4 is 33.4 Å². The Hall–Kier alpha value is -1.83. The van der Waals surface area contributed by atoms with Crippen molar-refractivity contribution in [2.24, 2.45) is 0 Å². The zero-order chi connectivity index (χ0) is 20.5. The lowest BCUT2D eigenvalue weighted by Gasteiger charge is -2.16.